The Morgan fingerprint density at radius 2 is 2.29 bits per heavy atom. The predicted octanol–water partition coefficient (Wildman–Crippen LogP) is 3.59. The van der Waals surface area contributed by atoms with E-state index in [1.165, 1.54) is 19.1 Å². The number of hydrogen-bond acceptors (Lipinski definition) is 1. The van der Waals surface area contributed by atoms with Gasteiger partial charge in [0.1, 0.15) is 11.6 Å². The minimum atomic E-state index is -0.406. The van der Waals surface area contributed by atoms with Gasteiger partial charge in [-0.2, -0.15) is 0 Å². The van der Waals surface area contributed by atoms with E-state index in [2.05, 4.69) is 15.9 Å². The lowest BCUT2D eigenvalue weighted by Crippen LogP contribution is -2.04. The Balaban J connectivity index is 3.13. The van der Waals surface area contributed by atoms with Crippen LogP contribution in [0.25, 0.3) is 0 Å². The number of carbonyl (C=O) groups is 1. The summed E-state index contributed by atoms with van der Waals surface area (Å²) in [4.78, 5) is 10.7. The highest BCUT2D eigenvalue weighted by molar-refractivity contribution is 9.09. The standard InChI is InChI=1S/C10H9BrClFO/c1-6(14)10(11)9-3-2-8(13)4-7(9)5-12/h2-4,10H,5H2,1H3. The Kier molecular flexibility index (Phi) is 4.08. The first-order chi connectivity index (χ1) is 6.56. The lowest BCUT2D eigenvalue weighted by Gasteiger charge is -2.10. The van der Waals surface area contributed by atoms with Crippen molar-refractivity contribution >= 4 is 33.3 Å². The number of alkyl halides is 2. The Labute approximate surface area is 95.4 Å². The summed E-state index contributed by atoms with van der Waals surface area (Å²) in [7, 11) is 0. The maximum absolute atomic E-state index is 12.8. The summed E-state index contributed by atoms with van der Waals surface area (Å²) in [5, 5.41) is 0. The Morgan fingerprint density at radius 3 is 2.79 bits per heavy atom. The number of ketones is 1. The summed E-state index contributed by atoms with van der Waals surface area (Å²) >= 11 is 8.89. The minimum absolute atomic E-state index is 0.0250. The lowest BCUT2D eigenvalue weighted by atomic mass is 10.0. The average Bonchev–Trinajstić information content (AvgIpc) is 2.16. The molecule has 0 bridgehead atoms. The molecule has 0 aromatic heterocycles. The van der Waals surface area contributed by atoms with Gasteiger partial charge in [0.2, 0.25) is 0 Å². The fourth-order valence-corrected chi connectivity index (χ4v) is 1.83. The highest BCUT2D eigenvalue weighted by Crippen LogP contribution is 2.28. The predicted molar refractivity (Wildman–Crippen MR) is 58.3 cm³/mol. The first-order valence-corrected chi connectivity index (χ1v) is 5.50. The molecule has 1 rings (SSSR count). The SMILES string of the molecule is CC(=O)C(Br)c1ccc(F)cc1CCl. The maximum Gasteiger partial charge on any atom is 0.147 e. The normalized spacial score (nSPS) is 12.6. The fraction of sp³-hybridized carbons (Fsp3) is 0.300. The molecule has 1 unspecified atom stereocenters. The van der Waals surface area contributed by atoms with Crippen LogP contribution in [-0.4, -0.2) is 5.78 Å². The van der Waals surface area contributed by atoms with Gasteiger partial charge >= 0.3 is 0 Å². The Bertz CT molecular complexity index is 354. The van der Waals surface area contributed by atoms with Gasteiger partial charge in [-0.25, -0.2) is 4.39 Å². The molecule has 0 N–H and O–H groups in total. The van der Waals surface area contributed by atoms with Gasteiger partial charge in [-0.1, -0.05) is 22.0 Å². The zero-order valence-electron chi connectivity index (χ0n) is 7.56. The van der Waals surface area contributed by atoms with Crippen LogP contribution in [0.1, 0.15) is 22.9 Å². The van der Waals surface area contributed by atoms with Gasteiger partial charge in [0.15, 0.2) is 0 Å². The maximum atomic E-state index is 12.8. The van der Waals surface area contributed by atoms with Crippen LogP contribution < -0.4 is 0 Å². The number of Topliss-reactive ketones (excluding diaryl/α,β-unsaturated/α-hetero) is 1. The quantitative estimate of drug-likeness (QED) is 0.773. The van der Waals surface area contributed by atoms with E-state index < -0.39 is 4.83 Å². The van der Waals surface area contributed by atoms with Crippen molar-refractivity contribution in [3.63, 3.8) is 0 Å². The third kappa shape index (κ3) is 2.55. The molecule has 0 fully saturated rings. The van der Waals surface area contributed by atoms with Gasteiger partial charge in [0, 0.05) is 5.88 Å². The van der Waals surface area contributed by atoms with Crippen molar-refractivity contribution in [3.05, 3.63) is 35.1 Å². The molecule has 1 atom stereocenters. The van der Waals surface area contributed by atoms with Gasteiger partial charge in [0.25, 0.3) is 0 Å². The van der Waals surface area contributed by atoms with Gasteiger partial charge in [-0.15, -0.1) is 11.6 Å². The second kappa shape index (κ2) is 4.89. The van der Waals surface area contributed by atoms with Crippen molar-refractivity contribution in [2.24, 2.45) is 0 Å². The number of benzene rings is 1. The molecule has 0 heterocycles. The average molecular weight is 280 g/mol. The van der Waals surface area contributed by atoms with E-state index in [-0.39, 0.29) is 17.5 Å². The molecule has 1 aromatic carbocycles. The van der Waals surface area contributed by atoms with E-state index in [9.17, 15) is 9.18 Å². The summed E-state index contributed by atoms with van der Waals surface area (Å²) in [5.74, 6) is -0.168. The Hall–Kier alpha value is -0.410. The molecule has 0 saturated carbocycles. The van der Waals surface area contributed by atoms with Crippen molar-refractivity contribution in [1.29, 1.82) is 0 Å². The third-order valence-electron chi connectivity index (χ3n) is 1.88. The van der Waals surface area contributed by atoms with Gasteiger partial charge in [-0.05, 0) is 30.2 Å². The monoisotopic (exact) mass is 278 g/mol. The van der Waals surface area contributed by atoms with Crippen molar-refractivity contribution in [2.75, 3.05) is 0 Å². The van der Waals surface area contributed by atoms with E-state index in [4.69, 9.17) is 11.6 Å². The molecule has 4 heteroatoms. The highest BCUT2D eigenvalue weighted by atomic mass is 79.9. The van der Waals surface area contributed by atoms with Crippen molar-refractivity contribution in [2.45, 2.75) is 17.6 Å². The third-order valence-corrected chi connectivity index (χ3v) is 3.30. The summed E-state index contributed by atoms with van der Waals surface area (Å²) in [6.45, 7) is 1.47. The first-order valence-electron chi connectivity index (χ1n) is 4.05. The molecule has 0 amide bonds. The van der Waals surface area contributed by atoms with E-state index in [0.29, 0.717) is 5.56 Å². The van der Waals surface area contributed by atoms with Crippen LogP contribution in [0.2, 0.25) is 0 Å². The molecule has 1 nitrogen and oxygen atoms in total. The van der Waals surface area contributed by atoms with Crippen LogP contribution in [-0.2, 0) is 10.7 Å². The summed E-state index contributed by atoms with van der Waals surface area (Å²) in [6, 6.07) is 4.25. The number of halogens is 3. The number of carbonyl (C=O) groups excluding carboxylic acids is 1. The number of rotatable bonds is 3. The van der Waals surface area contributed by atoms with Crippen LogP contribution in [0.5, 0.6) is 0 Å². The van der Waals surface area contributed by atoms with E-state index in [1.54, 1.807) is 6.07 Å². The summed E-state index contributed by atoms with van der Waals surface area (Å²) in [5.41, 5.74) is 1.37. The topological polar surface area (TPSA) is 17.1 Å². The summed E-state index contributed by atoms with van der Waals surface area (Å²) in [6.07, 6.45) is 0. The molecule has 76 valence electrons. The van der Waals surface area contributed by atoms with E-state index in [1.807, 2.05) is 0 Å². The molecule has 0 saturated heterocycles. The van der Waals surface area contributed by atoms with E-state index in [0.717, 1.165) is 5.56 Å². The second-order valence-corrected chi connectivity index (χ2v) is 4.13. The van der Waals surface area contributed by atoms with Crippen LogP contribution in [0.3, 0.4) is 0 Å². The molecule has 0 aliphatic heterocycles. The smallest absolute Gasteiger partial charge is 0.147 e. The molecule has 0 radical (unpaired) electrons. The first kappa shape index (κ1) is 11.7. The molecular formula is C10H9BrClFO. The molecule has 1 aromatic rings. The number of hydrogen-bond donors (Lipinski definition) is 0. The second-order valence-electron chi connectivity index (χ2n) is 2.95. The van der Waals surface area contributed by atoms with Crippen molar-refractivity contribution < 1.29 is 9.18 Å². The zero-order valence-corrected chi connectivity index (χ0v) is 9.90. The zero-order chi connectivity index (χ0) is 10.7. The largest absolute Gasteiger partial charge is 0.298 e. The van der Waals surface area contributed by atoms with Crippen LogP contribution in [0.15, 0.2) is 18.2 Å². The van der Waals surface area contributed by atoms with Crippen LogP contribution in [0, 0.1) is 5.82 Å². The van der Waals surface area contributed by atoms with Crippen LogP contribution in [0.4, 0.5) is 4.39 Å². The molecular weight excluding hydrogens is 270 g/mol. The highest BCUT2D eigenvalue weighted by Gasteiger charge is 2.16. The lowest BCUT2D eigenvalue weighted by molar-refractivity contribution is -0.116. The molecule has 14 heavy (non-hydrogen) atoms. The Morgan fingerprint density at radius 1 is 1.64 bits per heavy atom. The van der Waals surface area contributed by atoms with Crippen LogP contribution >= 0.6 is 27.5 Å². The van der Waals surface area contributed by atoms with Crippen molar-refractivity contribution in [3.8, 4) is 0 Å². The minimum Gasteiger partial charge on any atom is -0.298 e. The fourth-order valence-electron chi connectivity index (χ4n) is 1.16. The van der Waals surface area contributed by atoms with Gasteiger partial charge < -0.3 is 0 Å². The molecule has 0 spiro atoms. The van der Waals surface area contributed by atoms with Crippen molar-refractivity contribution in [1.82, 2.24) is 0 Å². The van der Waals surface area contributed by atoms with Gasteiger partial charge in [-0.3, -0.25) is 4.79 Å². The van der Waals surface area contributed by atoms with Gasteiger partial charge in [0.05, 0.1) is 4.83 Å². The van der Waals surface area contributed by atoms with E-state index >= 15 is 0 Å². The molecule has 0 aliphatic rings. The molecule has 0 aliphatic carbocycles. The summed E-state index contributed by atoms with van der Waals surface area (Å²) < 4.78 is 12.8.